The molecule has 3 aromatic heterocycles. The highest BCUT2D eigenvalue weighted by molar-refractivity contribution is 5.64. The topological polar surface area (TPSA) is 87.4 Å². The number of benzene rings is 1. The van der Waals surface area contributed by atoms with Gasteiger partial charge in [0, 0.05) is 18.3 Å². The number of imidazole rings is 1. The number of pyridine rings is 1. The second-order valence-corrected chi connectivity index (χ2v) is 9.83. The van der Waals surface area contributed by atoms with Gasteiger partial charge in [0.1, 0.15) is 11.3 Å². The number of halogens is 4. The van der Waals surface area contributed by atoms with E-state index in [2.05, 4.69) is 25.6 Å². The van der Waals surface area contributed by atoms with Crippen LogP contribution in [0.1, 0.15) is 56.5 Å². The van der Waals surface area contributed by atoms with Gasteiger partial charge in [0.05, 0.1) is 35.8 Å². The Morgan fingerprint density at radius 3 is 2.32 bits per heavy atom. The summed E-state index contributed by atoms with van der Waals surface area (Å²) in [5, 5.41) is 16.8. The molecule has 4 rings (SSSR count). The van der Waals surface area contributed by atoms with Gasteiger partial charge in [0.15, 0.2) is 5.82 Å². The lowest BCUT2D eigenvalue weighted by atomic mass is 10.0. The molecule has 0 saturated heterocycles. The molecule has 0 spiro atoms. The number of rotatable bonds is 7. The van der Waals surface area contributed by atoms with Crippen molar-refractivity contribution in [1.29, 1.82) is 0 Å². The number of aliphatic hydroxyl groups excluding tert-OH is 1. The van der Waals surface area contributed by atoms with Gasteiger partial charge in [-0.1, -0.05) is 24.3 Å². The van der Waals surface area contributed by atoms with E-state index in [0.29, 0.717) is 6.54 Å². The van der Waals surface area contributed by atoms with Gasteiger partial charge in [0.25, 0.3) is 0 Å². The number of hydrogen-bond acceptors (Lipinski definition) is 6. The van der Waals surface area contributed by atoms with Crippen molar-refractivity contribution in [3.05, 3.63) is 77.5 Å². The molecule has 1 unspecified atom stereocenters. The van der Waals surface area contributed by atoms with Crippen molar-refractivity contribution < 1.29 is 22.7 Å². The first-order valence-electron chi connectivity index (χ1n) is 11.7. The van der Waals surface area contributed by atoms with Crippen LogP contribution in [0.3, 0.4) is 0 Å². The summed E-state index contributed by atoms with van der Waals surface area (Å²) in [5.74, 6) is -0.691. The number of nitrogens with one attached hydrogen (secondary N) is 2. The van der Waals surface area contributed by atoms with E-state index < -0.39 is 23.7 Å². The molecule has 11 heteroatoms. The van der Waals surface area contributed by atoms with E-state index in [1.165, 1.54) is 12.3 Å². The third-order valence-corrected chi connectivity index (χ3v) is 5.82. The lowest BCUT2D eigenvalue weighted by molar-refractivity contribution is -0.136. The fourth-order valence-electron chi connectivity index (χ4n) is 3.83. The van der Waals surface area contributed by atoms with Gasteiger partial charge in [-0.2, -0.15) is 13.2 Å². The van der Waals surface area contributed by atoms with Crippen LogP contribution in [0.4, 0.5) is 23.5 Å². The van der Waals surface area contributed by atoms with Crippen molar-refractivity contribution in [2.24, 2.45) is 0 Å². The van der Waals surface area contributed by atoms with E-state index in [0.717, 1.165) is 34.0 Å². The summed E-state index contributed by atoms with van der Waals surface area (Å²) >= 11 is 0. The molecule has 0 saturated carbocycles. The minimum Gasteiger partial charge on any atom is -0.387 e. The Morgan fingerprint density at radius 2 is 1.68 bits per heavy atom. The van der Waals surface area contributed by atoms with Crippen molar-refractivity contribution in [3.8, 4) is 11.4 Å². The lowest BCUT2D eigenvalue weighted by Crippen LogP contribution is -2.38. The number of anilines is 1. The molecule has 0 aliphatic carbocycles. The Morgan fingerprint density at radius 1 is 1.00 bits per heavy atom. The minimum absolute atomic E-state index is 0.0684. The monoisotopic (exact) mass is 516 g/mol. The zero-order valence-electron chi connectivity index (χ0n) is 20.8. The summed E-state index contributed by atoms with van der Waals surface area (Å²) in [7, 11) is 0. The van der Waals surface area contributed by atoms with Crippen molar-refractivity contribution in [2.45, 2.75) is 51.6 Å². The predicted molar refractivity (Wildman–Crippen MR) is 132 cm³/mol. The number of alkyl halides is 3. The molecule has 7 nitrogen and oxygen atoms in total. The Kier molecular flexibility index (Phi) is 7.20. The summed E-state index contributed by atoms with van der Waals surface area (Å²) in [6.45, 7) is 8.34. The van der Waals surface area contributed by atoms with Gasteiger partial charge in [-0.3, -0.25) is 4.40 Å². The lowest BCUT2D eigenvalue weighted by Gasteiger charge is -2.23. The molecule has 0 bridgehead atoms. The highest BCUT2D eigenvalue weighted by Crippen LogP contribution is 2.34. The molecule has 3 heterocycles. The van der Waals surface area contributed by atoms with Gasteiger partial charge in [-0.25, -0.2) is 19.3 Å². The Bertz CT molecular complexity index is 1380. The third-order valence-electron chi connectivity index (χ3n) is 5.82. The third kappa shape index (κ3) is 6.05. The number of aromatic nitrogens is 4. The number of aliphatic hydroxyl groups is 1. The molecular formula is C26H28F4N6O. The molecule has 0 amide bonds. The smallest absolute Gasteiger partial charge is 0.387 e. The first-order valence-corrected chi connectivity index (χ1v) is 11.7. The zero-order chi connectivity index (χ0) is 27.0. The first-order chi connectivity index (χ1) is 17.3. The van der Waals surface area contributed by atoms with Gasteiger partial charge < -0.3 is 15.7 Å². The fourth-order valence-corrected chi connectivity index (χ4v) is 3.83. The Labute approximate surface area is 211 Å². The highest BCUT2D eigenvalue weighted by atomic mass is 19.4. The van der Waals surface area contributed by atoms with E-state index >= 15 is 0 Å². The SMILES string of the molecule is C[C@H](Nc1ncc(F)c(-c2cnc3c(C(F)(F)F)cccn23)n1)c1ccc(C(O)CNC(C)(C)C)cc1. The summed E-state index contributed by atoms with van der Waals surface area (Å²) in [4.78, 5) is 12.1. The van der Waals surface area contributed by atoms with Gasteiger partial charge >= 0.3 is 6.18 Å². The van der Waals surface area contributed by atoms with Gasteiger partial charge in [-0.15, -0.1) is 0 Å². The molecule has 0 aliphatic heterocycles. The number of β-amino-alcohol motifs (C(OH)–C–C–N with tert-alkyl or cyclic N) is 1. The number of fused-ring (bicyclic) bond motifs is 1. The van der Waals surface area contributed by atoms with Crippen LogP contribution < -0.4 is 10.6 Å². The first kappa shape index (κ1) is 26.5. The molecular weight excluding hydrogens is 488 g/mol. The van der Waals surface area contributed by atoms with E-state index in [4.69, 9.17) is 0 Å². The summed E-state index contributed by atoms with van der Waals surface area (Å²) in [6.07, 6.45) is -1.78. The summed E-state index contributed by atoms with van der Waals surface area (Å²) in [5.41, 5.74) is 0.145. The largest absolute Gasteiger partial charge is 0.419 e. The highest BCUT2D eigenvalue weighted by Gasteiger charge is 2.34. The molecule has 37 heavy (non-hydrogen) atoms. The van der Waals surface area contributed by atoms with Crippen LogP contribution in [-0.2, 0) is 6.18 Å². The quantitative estimate of drug-likeness (QED) is 0.280. The average Bonchev–Trinajstić information content (AvgIpc) is 3.26. The summed E-state index contributed by atoms with van der Waals surface area (Å²) < 4.78 is 55.9. The molecule has 2 atom stereocenters. The van der Waals surface area contributed by atoms with Crippen LogP contribution in [-0.4, -0.2) is 36.5 Å². The van der Waals surface area contributed by atoms with Crippen molar-refractivity contribution in [3.63, 3.8) is 0 Å². The van der Waals surface area contributed by atoms with Crippen LogP contribution in [0.5, 0.6) is 0 Å². The standard InChI is InChI=1S/C26H28F4N6O/c1-15(16-7-9-17(10-8-16)21(37)14-33-25(2,3)4)34-24-32-12-19(27)22(35-24)20-13-31-23-18(26(28,29)30)6-5-11-36(20)23/h5-13,15,21,33,37H,14H2,1-4H3,(H,32,34,35)/t15-,21?/m0/s1. The van der Waals surface area contributed by atoms with E-state index in [9.17, 15) is 22.7 Å². The van der Waals surface area contributed by atoms with Crippen LogP contribution in [0.15, 0.2) is 55.0 Å². The van der Waals surface area contributed by atoms with Gasteiger partial charge in [-0.05, 0) is 51.0 Å². The average molecular weight is 517 g/mol. The van der Waals surface area contributed by atoms with Crippen LogP contribution >= 0.6 is 0 Å². The molecule has 1 aromatic carbocycles. The maximum Gasteiger partial charge on any atom is 0.419 e. The molecule has 196 valence electrons. The Hall–Kier alpha value is -3.57. The molecule has 3 N–H and O–H groups in total. The molecule has 4 aromatic rings. The van der Waals surface area contributed by atoms with E-state index in [1.54, 1.807) is 0 Å². The van der Waals surface area contributed by atoms with E-state index in [-0.39, 0.29) is 34.6 Å². The number of hydrogen-bond donors (Lipinski definition) is 3. The van der Waals surface area contributed by atoms with Crippen LogP contribution in [0, 0.1) is 5.82 Å². The second kappa shape index (κ2) is 10.1. The Balaban J connectivity index is 1.54. The van der Waals surface area contributed by atoms with E-state index in [1.807, 2.05) is 52.0 Å². The summed E-state index contributed by atoms with van der Waals surface area (Å²) in [6, 6.07) is 9.24. The second-order valence-electron chi connectivity index (χ2n) is 9.83. The maximum atomic E-state index is 14.7. The number of nitrogens with zero attached hydrogens (tertiary/aromatic N) is 4. The van der Waals surface area contributed by atoms with Crippen molar-refractivity contribution >= 4 is 11.6 Å². The fraction of sp³-hybridized carbons (Fsp3) is 0.346. The van der Waals surface area contributed by atoms with Crippen LogP contribution in [0.2, 0.25) is 0 Å². The minimum atomic E-state index is -4.60. The maximum absolute atomic E-state index is 14.7. The molecule has 0 radical (unpaired) electrons. The van der Waals surface area contributed by atoms with Gasteiger partial charge in [0.2, 0.25) is 5.95 Å². The van der Waals surface area contributed by atoms with Crippen molar-refractivity contribution in [2.75, 3.05) is 11.9 Å². The normalized spacial score (nSPS) is 14.1. The molecule has 0 aliphatic rings. The zero-order valence-corrected chi connectivity index (χ0v) is 20.8. The molecule has 0 fully saturated rings. The van der Waals surface area contributed by atoms with Crippen molar-refractivity contribution in [1.82, 2.24) is 24.7 Å². The predicted octanol–water partition coefficient (Wildman–Crippen LogP) is 5.54. The van der Waals surface area contributed by atoms with Crippen LogP contribution in [0.25, 0.3) is 17.0 Å².